The van der Waals surface area contributed by atoms with Crippen molar-refractivity contribution in [2.45, 2.75) is 19.3 Å². The molecule has 0 atom stereocenters. The zero-order chi connectivity index (χ0) is 22.9. The fraction of sp³-hybridized carbons (Fsp3) is 0.0968. The third-order valence-corrected chi connectivity index (χ3v) is 6.66. The molecule has 0 fully saturated rings. The van der Waals surface area contributed by atoms with E-state index < -0.39 is 0 Å². The maximum Gasteiger partial charge on any atom is 0.0175 e. The largest absolute Gasteiger partial charge is 0.0622 e. The van der Waals surface area contributed by atoms with Gasteiger partial charge in [0.25, 0.3) is 0 Å². The van der Waals surface area contributed by atoms with Crippen LogP contribution in [0.15, 0.2) is 118 Å². The minimum absolute atomic E-state index is 1.02. The molecule has 164 valence electrons. The minimum atomic E-state index is 1.02. The molecule has 0 saturated heterocycles. The van der Waals surface area contributed by atoms with Gasteiger partial charge in [-0.1, -0.05) is 129 Å². The Bertz CT molecular complexity index is 1100. The first kappa shape index (κ1) is 23.5. The summed E-state index contributed by atoms with van der Waals surface area (Å²) in [7, 11) is 0. The smallest absolute Gasteiger partial charge is 0.0175 e. The number of benzene rings is 4. The summed E-state index contributed by atoms with van der Waals surface area (Å²) in [4.78, 5) is 0. The Morgan fingerprint density at radius 2 is 0.848 bits per heavy atom. The van der Waals surface area contributed by atoms with Crippen LogP contribution in [-0.2, 0) is 0 Å². The molecule has 33 heavy (non-hydrogen) atoms. The molecule has 0 spiro atoms. The molecule has 0 aliphatic heterocycles. The van der Waals surface area contributed by atoms with Crippen molar-refractivity contribution < 1.29 is 0 Å². The lowest BCUT2D eigenvalue weighted by molar-refractivity contribution is 0.895. The van der Waals surface area contributed by atoms with Crippen molar-refractivity contribution in [2.24, 2.45) is 0 Å². The third-order valence-electron chi connectivity index (χ3n) is 5.60. The molecule has 4 aromatic rings. The summed E-state index contributed by atoms with van der Waals surface area (Å²) in [5.74, 6) is 0. The van der Waals surface area contributed by atoms with Gasteiger partial charge >= 0.3 is 0 Å². The molecule has 0 radical (unpaired) electrons. The molecule has 0 heterocycles. The molecule has 4 rings (SSSR count). The Hall–Kier alpha value is -2.68. The van der Waals surface area contributed by atoms with E-state index in [1.165, 1.54) is 33.4 Å². The summed E-state index contributed by atoms with van der Waals surface area (Å²) in [5.41, 5.74) is 7.77. The van der Waals surface area contributed by atoms with Gasteiger partial charge in [-0.25, -0.2) is 0 Å². The number of rotatable bonds is 8. The van der Waals surface area contributed by atoms with Crippen LogP contribution in [0.2, 0.25) is 0 Å². The van der Waals surface area contributed by atoms with Crippen LogP contribution in [0.3, 0.4) is 0 Å². The van der Waals surface area contributed by atoms with Crippen molar-refractivity contribution in [3.63, 3.8) is 0 Å². The highest BCUT2D eigenvalue weighted by molar-refractivity contribution is 9.10. The molecule has 0 aliphatic rings. The molecule has 2 heteroatoms. The van der Waals surface area contributed by atoms with E-state index in [1.807, 2.05) is 0 Å². The van der Waals surface area contributed by atoms with Crippen LogP contribution in [0.5, 0.6) is 0 Å². The van der Waals surface area contributed by atoms with E-state index in [9.17, 15) is 0 Å². The van der Waals surface area contributed by atoms with Gasteiger partial charge in [0.05, 0.1) is 0 Å². The lowest BCUT2D eigenvalue weighted by Gasteiger charge is -2.12. The fourth-order valence-corrected chi connectivity index (χ4v) is 4.42. The zero-order valence-electron chi connectivity index (χ0n) is 18.4. The van der Waals surface area contributed by atoms with Crippen LogP contribution in [-0.4, -0.2) is 0 Å². The summed E-state index contributed by atoms with van der Waals surface area (Å²) in [6.07, 6.45) is 7.76. The average molecular weight is 558 g/mol. The molecule has 0 aliphatic carbocycles. The highest BCUT2D eigenvalue weighted by atomic mass is 79.9. The minimum Gasteiger partial charge on any atom is -0.0622 e. The standard InChI is InChI=1S/C31H26Br2/c32-30-18-14-24(15-19-30)22-28(26-8-3-1-4-9-26)12-7-13-29(27-10-5-2-6-11-27)23-25-16-20-31(33)21-17-25/h1-6,8-11,14-23H,7,12-13H2/b28-22-,29-23-. The summed E-state index contributed by atoms with van der Waals surface area (Å²) < 4.78 is 2.21. The van der Waals surface area contributed by atoms with Crippen molar-refractivity contribution in [1.29, 1.82) is 0 Å². The molecule has 0 aromatic heterocycles. The average Bonchev–Trinajstić information content (AvgIpc) is 2.86. The van der Waals surface area contributed by atoms with Crippen LogP contribution in [0.4, 0.5) is 0 Å². The molecule has 4 aromatic carbocycles. The maximum absolute atomic E-state index is 3.54. The van der Waals surface area contributed by atoms with Crippen LogP contribution >= 0.6 is 31.9 Å². The molecular weight excluding hydrogens is 532 g/mol. The Morgan fingerprint density at radius 1 is 0.485 bits per heavy atom. The van der Waals surface area contributed by atoms with Gasteiger partial charge < -0.3 is 0 Å². The zero-order valence-corrected chi connectivity index (χ0v) is 21.6. The lowest BCUT2D eigenvalue weighted by Crippen LogP contribution is -1.90. The summed E-state index contributed by atoms with van der Waals surface area (Å²) in [6, 6.07) is 38.5. The first-order valence-corrected chi connectivity index (χ1v) is 12.8. The second kappa shape index (κ2) is 12.0. The SMILES string of the molecule is Brc1ccc(/C=C(/CCC/C(=C/c2ccc(Br)cc2)c2ccccc2)c2ccccc2)cc1. The van der Waals surface area contributed by atoms with E-state index in [-0.39, 0.29) is 0 Å². The number of halogens is 2. The molecule has 0 saturated carbocycles. The van der Waals surface area contributed by atoms with Crippen LogP contribution < -0.4 is 0 Å². The van der Waals surface area contributed by atoms with E-state index in [0.717, 1.165) is 28.2 Å². The van der Waals surface area contributed by atoms with Gasteiger partial charge in [-0.2, -0.15) is 0 Å². The van der Waals surface area contributed by atoms with Gasteiger partial charge in [-0.3, -0.25) is 0 Å². The quantitative estimate of drug-likeness (QED) is 0.189. The number of allylic oxidation sites excluding steroid dienone is 2. The first-order valence-electron chi connectivity index (χ1n) is 11.2. The van der Waals surface area contributed by atoms with E-state index in [4.69, 9.17) is 0 Å². The third kappa shape index (κ3) is 7.15. The van der Waals surface area contributed by atoms with Crippen molar-refractivity contribution in [2.75, 3.05) is 0 Å². The Kier molecular flexibility index (Phi) is 8.52. The van der Waals surface area contributed by atoms with Crippen LogP contribution in [0.25, 0.3) is 23.3 Å². The fourth-order valence-electron chi connectivity index (χ4n) is 3.89. The molecule has 0 bridgehead atoms. The van der Waals surface area contributed by atoms with Gasteiger partial charge in [0, 0.05) is 8.95 Å². The summed E-state index contributed by atoms with van der Waals surface area (Å²) in [5, 5.41) is 0. The Labute approximate surface area is 214 Å². The Balaban J connectivity index is 1.56. The van der Waals surface area contributed by atoms with E-state index >= 15 is 0 Å². The van der Waals surface area contributed by atoms with Crippen molar-refractivity contribution in [3.05, 3.63) is 140 Å². The van der Waals surface area contributed by atoms with E-state index in [0.29, 0.717) is 0 Å². The Morgan fingerprint density at radius 3 is 1.21 bits per heavy atom. The second-order valence-corrected chi connectivity index (χ2v) is 9.86. The molecular formula is C31H26Br2. The van der Waals surface area contributed by atoms with Crippen molar-refractivity contribution in [3.8, 4) is 0 Å². The van der Waals surface area contributed by atoms with E-state index in [1.54, 1.807) is 0 Å². The predicted molar refractivity (Wildman–Crippen MR) is 151 cm³/mol. The number of hydrogen-bond donors (Lipinski definition) is 0. The highest BCUT2D eigenvalue weighted by Crippen LogP contribution is 2.29. The molecule has 0 unspecified atom stereocenters. The summed E-state index contributed by atoms with van der Waals surface area (Å²) >= 11 is 7.08. The predicted octanol–water partition coefficient (Wildman–Crippen LogP) is 10.2. The number of hydrogen-bond acceptors (Lipinski definition) is 0. The first-order chi connectivity index (χ1) is 16.2. The summed E-state index contributed by atoms with van der Waals surface area (Å²) in [6.45, 7) is 0. The van der Waals surface area contributed by atoms with Crippen LogP contribution in [0.1, 0.15) is 41.5 Å². The van der Waals surface area contributed by atoms with Gasteiger partial charge in [0.15, 0.2) is 0 Å². The van der Waals surface area contributed by atoms with Crippen LogP contribution in [0, 0.1) is 0 Å². The van der Waals surface area contributed by atoms with Gasteiger partial charge in [0.2, 0.25) is 0 Å². The monoisotopic (exact) mass is 556 g/mol. The van der Waals surface area contributed by atoms with Crippen molar-refractivity contribution in [1.82, 2.24) is 0 Å². The topological polar surface area (TPSA) is 0 Å². The second-order valence-electron chi connectivity index (χ2n) is 8.03. The highest BCUT2D eigenvalue weighted by Gasteiger charge is 2.06. The van der Waals surface area contributed by atoms with Crippen molar-refractivity contribution >= 4 is 55.2 Å². The van der Waals surface area contributed by atoms with E-state index in [2.05, 4.69) is 153 Å². The molecule has 0 N–H and O–H groups in total. The molecule has 0 amide bonds. The van der Waals surface area contributed by atoms with Gasteiger partial charge in [-0.05, 0) is 76.9 Å². The maximum atomic E-state index is 3.54. The lowest BCUT2D eigenvalue weighted by atomic mass is 9.93. The normalized spacial score (nSPS) is 12.1. The van der Waals surface area contributed by atoms with Gasteiger partial charge in [0.1, 0.15) is 0 Å². The van der Waals surface area contributed by atoms with Gasteiger partial charge in [-0.15, -0.1) is 0 Å². The molecule has 0 nitrogen and oxygen atoms in total.